The molecular formula is C13H17NO. The summed E-state index contributed by atoms with van der Waals surface area (Å²) < 4.78 is 5.81. The Kier molecular flexibility index (Phi) is 3.07. The molecule has 0 radical (unpaired) electrons. The second-order valence-electron chi connectivity index (χ2n) is 4.00. The quantitative estimate of drug-likeness (QED) is 0.597. The molecule has 1 heterocycles. The first kappa shape index (κ1) is 10.2. The molecule has 2 rings (SSSR count). The molecule has 0 amide bonds. The van der Waals surface area contributed by atoms with Crippen molar-refractivity contribution in [2.75, 3.05) is 13.1 Å². The molecule has 0 aliphatic carbocycles. The summed E-state index contributed by atoms with van der Waals surface area (Å²) >= 11 is 0. The van der Waals surface area contributed by atoms with Gasteiger partial charge in [-0.1, -0.05) is 23.8 Å². The lowest BCUT2D eigenvalue weighted by Crippen LogP contribution is -2.30. The molecule has 1 unspecified atom stereocenters. The van der Waals surface area contributed by atoms with Gasteiger partial charge in [-0.15, -0.1) is 6.58 Å². The van der Waals surface area contributed by atoms with E-state index in [4.69, 9.17) is 4.74 Å². The predicted molar refractivity (Wildman–Crippen MR) is 62.4 cm³/mol. The highest BCUT2D eigenvalue weighted by molar-refractivity contribution is 5.40. The van der Waals surface area contributed by atoms with Crippen LogP contribution < -0.4 is 10.1 Å². The summed E-state index contributed by atoms with van der Waals surface area (Å²) in [6.07, 6.45) is 3.16. The predicted octanol–water partition coefficient (Wildman–Crippen LogP) is 2.07. The SMILES string of the molecule is C=CCNCC1Cc2cc(C)ccc2O1. The van der Waals surface area contributed by atoms with Gasteiger partial charge in [0.1, 0.15) is 11.9 Å². The summed E-state index contributed by atoms with van der Waals surface area (Å²) in [5.74, 6) is 1.05. The monoisotopic (exact) mass is 203 g/mol. The van der Waals surface area contributed by atoms with Crippen LogP contribution in [0.5, 0.6) is 5.75 Å². The molecule has 0 fully saturated rings. The van der Waals surface area contributed by atoms with Crippen LogP contribution in [0.4, 0.5) is 0 Å². The molecule has 1 aromatic carbocycles. The molecule has 80 valence electrons. The number of nitrogens with one attached hydrogen (secondary N) is 1. The van der Waals surface area contributed by atoms with Crippen LogP contribution in [0.3, 0.4) is 0 Å². The number of benzene rings is 1. The lowest BCUT2D eigenvalue weighted by molar-refractivity contribution is 0.229. The second-order valence-corrected chi connectivity index (χ2v) is 4.00. The van der Waals surface area contributed by atoms with Crippen molar-refractivity contribution in [2.45, 2.75) is 19.4 Å². The molecule has 0 saturated carbocycles. The Morgan fingerprint density at radius 3 is 3.27 bits per heavy atom. The fraction of sp³-hybridized carbons (Fsp3) is 0.385. The van der Waals surface area contributed by atoms with Gasteiger partial charge in [0, 0.05) is 19.5 Å². The standard InChI is InChI=1S/C13H17NO/c1-3-6-14-9-12-8-11-7-10(2)4-5-13(11)15-12/h3-5,7,12,14H,1,6,8-9H2,2H3. The summed E-state index contributed by atoms with van der Waals surface area (Å²) in [7, 11) is 0. The van der Waals surface area contributed by atoms with Gasteiger partial charge in [0.05, 0.1) is 0 Å². The Morgan fingerprint density at radius 1 is 1.60 bits per heavy atom. The Morgan fingerprint density at radius 2 is 2.47 bits per heavy atom. The highest BCUT2D eigenvalue weighted by Gasteiger charge is 2.21. The van der Waals surface area contributed by atoms with Crippen LogP contribution in [0.25, 0.3) is 0 Å². The zero-order valence-corrected chi connectivity index (χ0v) is 9.12. The van der Waals surface area contributed by atoms with Crippen molar-refractivity contribution in [3.8, 4) is 5.75 Å². The Labute approximate surface area is 91.0 Å². The Balaban J connectivity index is 1.94. The number of hydrogen-bond acceptors (Lipinski definition) is 2. The first-order chi connectivity index (χ1) is 7.29. The van der Waals surface area contributed by atoms with Gasteiger partial charge in [0.2, 0.25) is 0 Å². The molecule has 0 bridgehead atoms. The molecule has 2 heteroatoms. The van der Waals surface area contributed by atoms with E-state index in [9.17, 15) is 0 Å². The molecule has 15 heavy (non-hydrogen) atoms. The van der Waals surface area contributed by atoms with Gasteiger partial charge in [-0.05, 0) is 18.6 Å². The Hall–Kier alpha value is -1.28. The largest absolute Gasteiger partial charge is 0.488 e. The minimum Gasteiger partial charge on any atom is -0.488 e. The third-order valence-electron chi connectivity index (χ3n) is 2.62. The van der Waals surface area contributed by atoms with E-state index in [1.54, 1.807) is 0 Å². The number of fused-ring (bicyclic) bond motifs is 1. The molecule has 0 saturated heterocycles. The normalized spacial score (nSPS) is 18.3. The van der Waals surface area contributed by atoms with Gasteiger partial charge < -0.3 is 10.1 Å². The summed E-state index contributed by atoms with van der Waals surface area (Å²) in [5.41, 5.74) is 2.64. The number of aryl methyl sites for hydroxylation is 1. The van der Waals surface area contributed by atoms with Crippen LogP contribution >= 0.6 is 0 Å². The maximum absolute atomic E-state index is 5.81. The van der Waals surface area contributed by atoms with E-state index in [1.807, 2.05) is 6.08 Å². The number of hydrogen-bond donors (Lipinski definition) is 1. The van der Waals surface area contributed by atoms with Crippen molar-refractivity contribution in [1.82, 2.24) is 5.32 Å². The van der Waals surface area contributed by atoms with Crippen molar-refractivity contribution in [1.29, 1.82) is 0 Å². The van der Waals surface area contributed by atoms with Gasteiger partial charge in [0.25, 0.3) is 0 Å². The van der Waals surface area contributed by atoms with E-state index in [0.717, 1.165) is 25.3 Å². The minimum absolute atomic E-state index is 0.279. The van der Waals surface area contributed by atoms with E-state index in [-0.39, 0.29) is 6.10 Å². The fourth-order valence-electron chi connectivity index (χ4n) is 1.91. The molecule has 1 atom stereocenters. The highest BCUT2D eigenvalue weighted by Crippen LogP contribution is 2.29. The lowest BCUT2D eigenvalue weighted by atomic mass is 10.1. The van der Waals surface area contributed by atoms with Gasteiger partial charge >= 0.3 is 0 Å². The number of ether oxygens (including phenoxy) is 1. The lowest BCUT2D eigenvalue weighted by Gasteiger charge is -2.10. The summed E-state index contributed by atoms with van der Waals surface area (Å²) in [6, 6.07) is 6.37. The molecule has 1 N–H and O–H groups in total. The van der Waals surface area contributed by atoms with Gasteiger partial charge in [0.15, 0.2) is 0 Å². The first-order valence-electron chi connectivity index (χ1n) is 5.37. The average Bonchev–Trinajstić information content (AvgIpc) is 2.60. The highest BCUT2D eigenvalue weighted by atomic mass is 16.5. The summed E-state index contributed by atoms with van der Waals surface area (Å²) in [5, 5.41) is 3.28. The van der Waals surface area contributed by atoms with E-state index in [2.05, 4.69) is 37.0 Å². The molecule has 1 aliphatic rings. The van der Waals surface area contributed by atoms with Crippen LogP contribution in [0.15, 0.2) is 30.9 Å². The van der Waals surface area contributed by atoms with E-state index >= 15 is 0 Å². The first-order valence-corrected chi connectivity index (χ1v) is 5.37. The van der Waals surface area contributed by atoms with Crippen molar-refractivity contribution in [3.63, 3.8) is 0 Å². The van der Waals surface area contributed by atoms with Gasteiger partial charge in [-0.3, -0.25) is 0 Å². The smallest absolute Gasteiger partial charge is 0.123 e. The molecule has 1 aliphatic heterocycles. The average molecular weight is 203 g/mol. The zero-order chi connectivity index (χ0) is 10.7. The molecule has 0 spiro atoms. The van der Waals surface area contributed by atoms with Crippen LogP contribution in [0.2, 0.25) is 0 Å². The summed E-state index contributed by atoms with van der Waals surface area (Å²) in [6.45, 7) is 7.52. The van der Waals surface area contributed by atoms with Crippen LogP contribution in [0, 0.1) is 6.92 Å². The summed E-state index contributed by atoms with van der Waals surface area (Å²) in [4.78, 5) is 0. The van der Waals surface area contributed by atoms with Crippen molar-refractivity contribution >= 4 is 0 Å². The van der Waals surface area contributed by atoms with Crippen LogP contribution in [-0.4, -0.2) is 19.2 Å². The van der Waals surface area contributed by atoms with Crippen molar-refractivity contribution in [3.05, 3.63) is 42.0 Å². The molecule has 0 aromatic heterocycles. The molecule has 1 aromatic rings. The van der Waals surface area contributed by atoms with E-state index < -0.39 is 0 Å². The second kappa shape index (κ2) is 4.49. The topological polar surface area (TPSA) is 21.3 Å². The molecule has 2 nitrogen and oxygen atoms in total. The minimum atomic E-state index is 0.279. The van der Waals surface area contributed by atoms with Crippen molar-refractivity contribution < 1.29 is 4.74 Å². The van der Waals surface area contributed by atoms with Crippen LogP contribution in [0.1, 0.15) is 11.1 Å². The molecular weight excluding hydrogens is 186 g/mol. The fourth-order valence-corrected chi connectivity index (χ4v) is 1.91. The van der Waals surface area contributed by atoms with Gasteiger partial charge in [-0.25, -0.2) is 0 Å². The maximum Gasteiger partial charge on any atom is 0.123 e. The third-order valence-corrected chi connectivity index (χ3v) is 2.62. The van der Waals surface area contributed by atoms with E-state index in [0.29, 0.717) is 0 Å². The van der Waals surface area contributed by atoms with E-state index in [1.165, 1.54) is 11.1 Å². The zero-order valence-electron chi connectivity index (χ0n) is 9.12. The van der Waals surface area contributed by atoms with Crippen LogP contribution in [-0.2, 0) is 6.42 Å². The van der Waals surface area contributed by atoms with Gasteiger partial charge in [-0.2, -0.15) is 0 Å². The third kappa shape index (κ3) is 2.39. The Bertz CT molecular complexity index is 360. The maximum atomic E-state index is 5.81. The van der Waals surface area contributed by atoms with Crippen molar-refractivity contribution in [2.24, 2.45) is 0 Å². The number of rotatable bonds is 4.